The summed E-state index contributed by atoms with van der Waals surface area (Å²) in [6, 6.07) is 4.86. The first kappa shape index (κ1) is 12.7. The fourth-order valence-electron chi connectivity index (χ4n) is 2.02. The van der Waals surface area contributed by atoms with E-state index in [2.05, 4.69) is 21.7 Å². The smallest absolute Gasteiger partial charge is 0.214 e. The second kappa shape index (κ2) is 4.37. The quantitative estimate of drug-likeness (QED) is 0.647. The van der Waals surface area contributed by atoms with Crippen LogP contribution >= 0.6 is 23.2 Å². The number of benzene rings is 1. The molecule has 0 amide bonds. The van der Waals surface area contributed by atoms with Crippen LogP contribution in [0.15, 0.2) is 17.1 Å². The Bertz CT molecular complexity index is 839. The topological polar surface area (TPSA) is 79.0 Å². The van der Waals surface area contributed by atoms with Crippen LogP contribution in [0.3, 0.4) is 0 Å². The fraction of sp³-hybridized carbons (Fsp3) is 0. The highest BCUT2D eigenvalue weighted by Gasteiger charge is 2.32. The summed E-state index contributed by atoms with van der Waals surface area (Å²) in [5.74, 6) is -0.258. The van der Waals surface area contributed by atoms with Crippen molar-refractivity contribution in [2.75, 3.05) is 0 Å². The van der Waals surface area contributed by atoms with E-state index in [0.717, 1.165) is 0 Å². The minimum atomic E-state index is -0.340. The number of carbonyl (C=O) groups is 1. The summed E-state index contributed by atoms with van der Waals surface area (Å²) in [5, 5.41) is 9.56. The Morgan fingerprint density at radius 1 is 1.15 bits per heavy atom. The van der Waals surface area contributed by atoms with Gasteiger partial charge in [-0.25, -0.2) is 15.0 Å². The van der Waals surface area contributed by atoms with Crippen molar-refractivity contribution in [3.05, 3.63) is 39.1 Å². The van der Waals surface area contributed by atoms with Gasteiger partial charge >= 0.3 is 0 Å². The summed E-state index contributed by atoms with van der Waals surface area (Å²) < 4.78 is 0. The molecule has 5 nitrogen and oxygen atoms in total. The SMILES string of the molecule is C=Nc1nc2c(nc1C#N)C(=O)c1cc(Cl)c(Cl)cc1-2. The molecule has 20 heavy (non-hydrogen) atoms. The molecular formula is C13H4Cl2N4O. The van der Waals surface area contributed by atoms with Crippen LogP contribution in [-0.4, -0.2) is 22.5 Å². The number of hydrogen-bond acceptors (Lipinski definition) is 5. The Morgan fingerprint density at radius 2 is 1.80 bits per heavy atom. The first-order valence-corrected chi connectivity index (χ1v) is 6.15. The predicted octanol–water partition coefficient (Wildman–Crippen LogP) is 3.20. The van der Waals surface area contributed by atoms with Crippen LogP contribution in [0, 0.1) is 11.3 Å². The number of nitrogens with zero attached hydrogens (tertiary/aromatic N) is 4. The van der Waals surface area contributed by atoms with Crippen molar-refractivity contribution < 1.29 is 4.79 Å². The number of halogens is 2. The van der Waals surface area contributed by atoms with Crippen molar-refractivity contribution in [3.63, 3.8) is 0 Å². The van der Waals surface area contributed by atoms with Gasteiger partial charge in [-0.3, -0.25) is 4.79 Å². The molecule has 1 aliphatic carbocycles. The number of carbonyl (C=O) groups excluding carboxylic acids is 1. The lowest BCUT2D eigenvalue weighted by Gasteiger charge is -2.02. The monoisotopic (exact) mass is 302 g/mol. The van der Waals surface area contributed by atoms with Crippen molar-refractivity contribution in [2.24, 2.45) is 4.99 Å². The Morgan fingerprint density at radius 3 is 2.40 bits per heavy atom. The number of ketones is 1. The molecule has 7 heteroatoms. The Balaban J connectivity index is 2.37. The molecule has 0 bridgehead atoms. The highest BCUT2D eigenvalue weighted by atomic mass is 35.5. The van der Waals surface area contributed by atoms with E-state index in [1.165, 1.54) is 6.07 Å². The van der Waals surface area contributed by atoms with Gasteiger partial charge in [0.25, 0.3) is 0 Å². The number of fused-ring (bicyclic) bond motifs is 3. The van der Waals surface area contributed by atoms with E-state index >= 15 is 0 Å². The zero-order valence-corrected chi connectivity index (χ0v) is 11.3. The van der Waals surface area contributed by atoms with Crippen molar-refractivity contribution in [1.29, 1.82) is 5.26 Å². The van der Waals surface area contributed by atoms with E-state index in [1.807, 2.05) is 6.07 Å². The second-order valence-electron chi connectivity index (χ2n) is 4.00. The standard InChI is InChI=1S/C13H4Cl2N4O/c1-17-13-9(4-16)18-11-10(19-13)5-2-7(14)8(15)3-6(5)12(11)20/h2-3H,1H2. The molecule has 0 aliphatic heterocycles. The normalized spacial score (nSPS) is 11.8. The zero-order valence-electron chi connectivity index (χ0n) is 9.81. The summed E-state index contributed by atoms with van der Waals surface area (Å²) >= 11 is 11.9. The lowest BCUT2D eigenvalue weighted by molar-refractivity contribution is 0.103. The minimum Gasteiger partial charge on any atom is -0.287 e. The first-order valence-electron chi connectivity index (χ1n) is 5.39. The number of aliphatic imine (C=N–C) groups is 1. The maximum Gasteiger partial charge on any atom is 0.214 e. The van der Waals surface area contributed by atoms with Crippen LogP contribution < -0.4 is 0 Å². The molecule has 96 valence electrons. The van der Waals surface area contributed by atoms with Gasteiger partial charge in [-0.15, -0.1) is 0 Å². The van der Waals surface area contributed by atoms with Gasteiger partial charge in [-0.2, -0.15) is 5.26 Å². The van der Waals surface area contributed by atoms with E-state index in [4.69, 9.17) is 28.5 Å². The molecule has 0 atom stereocenters. The van der Waals surface area contributed by atoms with Gasteiger partial charge in [-0.1, -0.05) is 23.2 Å². The lowest BCUT2D eigenvalue weighted by atomic mass is 10.1. The minimum absolute atomic E-state index is 0.0444. The van der Waals surface area contributed by atoms with Crippen molar-refractivity contribution in [3.8, 4) is 17.3 Å². The molecular weight excluding hydrogens is 299 g/mol. The first-order chi connectivity index (χ1) is 9.56. The summed E-state index contributed by atoms with van der Waals surface area (Å²) in [6.07, 6.45) is 0. The van der Waals surface area contributed by atoms with Crippen molar-refractivity contribution in [2.45, 2.75) is 0 Å². The van der Waals surface area contributed by atoms with Gasteiger partial charge in [-0.05, 0) is 18.9 Å². The average Bonchev–Trinajstić information content (AvgIpc) is 2.71. The van der Waals surface area contributed by atoms with Crippen LogP contribution in [-0.2, 0) is 0 Å². The zero-order chi connectivity index (χ0) is 14.4. The van der Waals surface area contributed by atoms with Gasteiger partial charge < -0.3 is 0 Å². The summed E-state index contributed by atoms with van der Waals surface area (Å²) in [7, 11) is 0. The highest BCUT2D eigenvalue weighted by Crippen LogP contribution is 2.39. The summed E-state index contributed by atoms with van der Waals surface area (Å²) in [6.45, 7) is 3.34. The maximum atomic E-state index is 12.3. The van der Waals surface area contributed by atoms with E-state index in [9.17, 15) is 4.79 Å². The molecule has 1 aromatic carbocycles. The number of aromatic nitrogens is 2. The van der Waals surface area contributed by atoms with Crippen LogP contribution in [0.25, 0.3) is 11.3 Å². The van der Waals surface area contributed by atoms with E-state index < -0.39 is 0 Å². The van der Waals surface area contributed by atoms with Crippen molar-refractivity contribution >= 4 is 41.5 Å². The second-order valence-corrected chi connectivity index (χ2v) is 4.82. The summed E-state index contributed by atoms with van der Waals surface area (Å²) in [5.41, 5.74) is 1.28. The van der Waals surface area contributed by atoms with Gasteiger partial charge in [0.1, 0.15) is 17.5 Å². The molecule has 3 rings (SSSR count). The fourth-order valence-corrected chi connectivity index (χ4v) is 2.34. The molecule has 1 aromatic heterocycles. The Hall–Kier alpha value is -2.29. The molecule has 0 radical (unpaired) electrons. The van der Waals surface area contributed by atoms with Crippen LogP contribution in [0.5, 0.6) is 0 Å². The third-order valence-corrected chi connectivity index (χ3v) is 3.63. The van der Waals surface area contributed by atoms with Crippen LogP contribution in [0.4, 0.5) is 5.82 Å². The Kier molecular flexibility index (Phi) is 2.78. The maximum absolute atomic E-state index is 12.3. The average molecular weight is 303 g/mol. The molecule has 0 saturated heterocycles. The van der Waals surface area contributed by atoms with E-state index in [0.29, 0.717) is 21.8 Å². The third kappa shape index (κ3) is 1.63. The van der Waals surface area contributed by atoms with Gasteiger partial charge in [0.15, 0.2) is 11.5 Å². The van der Waals surface area contributed by atoms with Gasteiger partial charge in [0.05, 0.1) is 10.0 Å². The van der Waals surface area contributed by atoms with Crippen LogP contribution in [0.2, 0.25) is 10.0 Å². The van der Waals surface area contributed by atoms with Gasteiger partial charge in [0.2, 0.25) is 5.78 Å². The van der Waals surface area contributed by atoms with Crippen molar-refractivity contribution in [1.82, 2.24) is 9.97 Å². The molecule has 2 aromatic rings. The number of rotatable bonds is 1. The highest BCUT2D eigenvalue weighted by molar-refractivity contribution is 6.43. The predicted molar refractivity (Wildman–Crippen MR) is 74.8 cm³/mol. The number of hydrogen-bond donors (Lipinski definition) is 0. The molecule has 1 heterocycles. The molecule has 0 spiro atoms. The lowest BCUT2D eigenvalue weighted by Crippen LogP contribution is -2.01. The molecule has 0 N–H and O–H groups in total. The number of nitriles is 1. The molecule has 0 fully saturated rings. The van der Waals surface area contributed by atoms with Gasteiger partial charge in [0, 0.05) is 11.1 Å². The third-order valence-electron chi connectivity index (χ3n) is 2.91. The van der Waals surface area contributed by atoms with E-state index in [1.54, 1.807) is 6.07 Å². The summed E-state index contributed by atoms with van der Waals surface area (Å²) in [4.78, 5) is 24.1. The largest absolute Gasteiger partial charge is 0.287 e. The molecule has 0 saturated carbocycles. The molecule has 1 aliphatic rings. The van der Waals surface area contributed by atoms with Crippen LogP contribution in [0.1, 0.15) is 21.7 Å². The molecule has 0 unspecified atom stereocenters. The van der Waals surface area contributed by atoms with E-state index in [-0.39, 0.29) is 28.0 Å². The Labute approximate surface area is 123 Å².